The fourth-order valence-corrected chi connectivity index (χ4v) is 3.99. The summed E-state index contributed by atoms with van der Waals surface area (Å²) in [5, 5.41) is 0. The van der Waals surface area contributed by atoms with Crippen LogP contribution in [0, 0.1) is 13.8 Å². The van der Waals surface area contributed by atoms with Crippen molar-refractivity contribution < 1.29 is 4.79 Å². The number of benzene rings is 1. The number of halogens is 1. The highest BCUT2D eigenvalue weighted by molar-refractivity contribution is 9.10. The van der Waals surface area contributed by atoms with Gasteiger partial charge in [-0.1, -0.05) is 15.9 Å². The number of hydrogen-bond acceptors (Lipinski definition) is 3. The van der Waals surface area contributed by atoms with Crippen molar-refractivity contribution in [1.29, 1.82) is 0 Å². The number of amides is 1. The molecule has 110 valence electrons. The summed E-state index contributed by atoms with van der Waals surface area (Å²) >= 11 is 5.16. The lowest BCUT2D eigenvalue weighted by molar-refractivity contribution is -0.128. The molecule has 2 N–H and O–H groups in total. The van der Waals surface area contributed by atoms with Gasteiger partial charge in [0.05, 0.1) is 5.75 Å². The maximum atomic E-state index is 12.3. The Balaban J connectivity index is 1.98. The Hall–Kier alpha value is -0.520. The molecule has 1 aromatic rings. The summed E-state index contributed by atoms with van der Waals surface area (Å²) in [6, 6.07) is 4.50. The van der Waals surface area contributed by atoms with E-state index in [1.165, 1.54) is 16.0 Å². The number of rotatable bonds is 4. The van der Waals surface area contributed by atoms with Gasteiger partial charge >= 0.3 is 0 Å². The number of aryl methyl sites for hydroxylation is 2. The minimum atomic E-state index is 0.211. The van der Waals surface area contributed by atoms with E-state index in [0.717, 1.165) is 23.9 Å². The first kappa shape index (κ1) is 15.9. The molecule has 0 aromatic heterocycles. The van der Waals surface area contributed by atoms with Crippen LogP contribution in [0.15, 0.2) is 21.5 Å². The molecule has 0 aliphatic carbocycles. The molecule has 1 fully saturated rings. The molecule has 1 atom stereocenters. The summed E-state index contributed by atoms with van der Waals surface area (Å²) in [6.07, 6.45) is 2.12. The van der Waals surface area contributed by atoms with Crippen molar-refractivity contribution in [2.24, 2.45) is 5.73 Å². The molecule has 0 saturated carbocycles. The SMILES string of the molecule is Cc1cc(SCC(=O)N2CCCC2CN)c(C)cc1Br. The van der Waals surface area contributed by atoms with Crippen molar-refractivity contribution in [3.05, 3.63) is 27.7 Å². The van der Waals surface area contributed by atoms with Gasteiger partial charge in [-0.25, -0.2) is 0 Å². The van der Waals surface area contributed by atoms with E-state index in [2.05, 4.69) is 41.9 Å². The molecule has 1 aliphatic rings. The highest BCUT2D eigenvalue weighted by atomic mass is 79.9. The summed E-state index contributed by atoms with van der Waals surface area (Å²) in [5.41, 5.74) is 8.13. The van der Waals surface area contributed by atoms with Crippen molar-refractivity contribution in [3.63, 3.8) is 0 Å². The average molecular weight is 357 g/mol. The maximum absolute atomic E-state index is 12.3. The summed E-state index contributed by atoms with van der Waals surface area (Å²) in [5.74, 6) is 0.709. The van der Waals surface area contributed by atoms with Crippen molar-refractivity contribution in [1.82, 2.24) is 4.90 Å². The fraction of sp³-hybridized carbons (Fsp3) is 0.533. The van der Waals surface area contributed by atoms with Crippen LogP contribution in [-0.4, -0.2) is 35.7 Å². The highest BCUT2D eigenvalue weighted by Crippen LogP contribution is 2.29. The van der Waals surface area contributed by atoms with E-state index in [0.29, 0.717) is 12.3 Å². The lowest BCUT2D eigenvalue weighted by Crippen LogP contribution is -2.40. The zero-order valence-electron chi connectivity index (χ0n) is 12.0. The molecule has 20 heavy (non-hydrogen) atoms. The van der Waals surface area contributed by atoms with Gasteiger partial charge in [0.1, 0.15) is 0 Å². The second-order valence-corrected chi connectivity index (χ2v) is 7.15. The number of nitrogens with two attached hydrogens (primary N) is 1. The van der Waals surface area contributed by atoms with Crippen molar-refractivity contribution >= 4 is 33.6 Å². The Morgan fingerprint density at radius 2 is 2.20 bits per heavy atom. The molecule has 0 radical (unpaired) electrons. The summed E-state index contributed by atoms with van der Waals surface area (Å²) in [6.45, 7) is 5.59. The van der Waals surface area contributed by atoms with E-state index in [-0.39, 0.29) is 11.9 Å². The van der Waals surface area contributed by atoms with Gasteiger partial charge in [0, 0.05) is 28.5 Å². The first-order valence-corrected chi connectivity index (χ1v) is 8.70. The number of likely N-dealkylation sites (tertiary alicyclic amines) is 1. The Morgan fingerprint density at radius 3 is 2.90 bits per heavy atom. The third-order valence-electron chi connectivity index (χ3n) is 3.78. The zero-order chi connectivity index (χ0) is 14.7. The smallest absolute Gasteiger partial charge is 0.233 e. The number of hydrogen-bond donors (Lipinski definition) is 1. The van der Waals surface area contributed by atoms with E-state index < -0.39 is 0 Å². The Labute approximate surface area is 133 Å². The second kappa shape index (κ2) is 6.96. The molecule has 0 bridgehead atoms. The summed E-state index contributed by atoms with van der Waals surface area (Å²) in [7, 11) is 0. The molecule has 1 aliphatic heterocycles. The van der Waals surface area contributed by atoms with Gasteiger partial charge in [-0.05, 0) is 49.9 Å². The zero-order valence-corrected chi connectivity index (χ0v) is 14.4. The van der Waals surface area contributed by atoms with Gasteiger partial charge in [-0.3, -0.25) is 4.79 Å². The maximum Gasteiger partial charge on any atom is 0.233 e. The number of carbonyl (C=O) groups is 1. The van der Waals surface area contributed by atoms with Crippen LogP contribution < -0.4 is 5.73 Å². The molecule has 1 saturated heterocycles. The predicted molar refractivity (Wildman–Crippen MR) is 88.1 cm³/mol. The lowest BCUT2D eigenvalue weighted by atomic mass is 10.2. The van der Waals surface area contributed by atoms with Crippen molar-refractivity contribution in [3.8, 4) is 0 Å². The molecular formula is C15H21BrN2OS. The lowest BCUT2D eigenvalue weighted by Gasteiger charge is -2.23. The van der Waals surface area contributed by atoms with Gasteiger partial charge in [-0.15, -0.1) is 11.8 Å². The quantitative estimate of drug-likeness (QED) is 0.843. The summed E-state index contributed by atoms with van der Waals surface area (Å²) in [4.78, 5) is 15.4. The monoisotopic (exact) mass is 356 g/mol. The van der Waals surface area contributed by atoms with Gasteiger partial charge in [0.15, 0.2) is 0 Å². The van der Waals surface area contributed by atoms with Crippen LogP contribution >= 0.6 is 27.7 Å². The van der Waals surface area contributed by atoms with Gasteiger partial charge in [-0.2, -0.15) is 0 Å². The number of nitrogens with zero attached hydrogens (tertiary/aromatic N) is 1. The van der Waals surface area contributed by atoms with Crippen LogP contribution in [0.4, 0.5) is 0 Å². The average Bonchev–Trinajstić information content (AvgIpc) is 2.89. The minimum absolute atomic E-state index is 0.211. The molecule has 1 aromatic carbocycles. The van der Waals surface area contributed by atoms with E-state index in [1.807, 2.05) is 4.90 Å². The van der Waals surface area contributed by atoms with E-state index in [4.69, 9.17) is 5.73 Å². The van der Waals surface area contributed by atoms with Crippen LogP contribution in [-0.2, 0) is 4.79 Å². The molecule has 0 spiro atoms. The molecule has 3 nitrogen and oxygen atoms in total. The number of carbonyl (C=O) groups excluding carboxylic acids is 1. The molecule has 1 unspecified atom stereocenters. The first-order valence-electron chi connectivity index (χ1n) is 6.92. The highest BCUT2D eigenvalue weighted by Gasteiger charge is 2.27. The molecule has 1 heterocycles. The Morgan fingerprint density at radius 1 is 1.45 bits per heavy atom. The molecule has 1 amide bonds. The van der Waals surface area contributed by atoms with Crippen LogP contribution in [0.5, 0.6) is 0 Å². The minimum Gasteiger partial charge on any atom is -0.338 e. The first-order chi connectivity index (χ1) is 9.52. The Bertz CT molecular complexity index is 507. The van der Waals surface area contributed by atoms with E-state index in [1.54, 1.807) is 11.8 Å². The van der Waals surface area contributed by atoms with Crippen molar-refractivity contribution in [2.45, 2.75) is 37.6 Å². The number of thioether (sulfide) groups is 1. The van der Waals surface area contributed by atoms with Gasteiger partial charge in [0.2, 0.25) is 5.91 Å². The van der Waals surface area contributed by atoms with Crippen LogP contribution in [0.2, 0.25) is 0 Å². The predicted octanol–water partition coefficient (Wildman–Crippen LogP) is 3.11. The molecule has 5 heteroatoms. The molecular weight excluding hydrogens is 336 g/mol. The largest absolute Gasteiger partial charge is 0.338 e. The van der Waals surface area contributed by atoms with E-state index >= 15 is 0 Å². The fourth-order valence-electron chi connectivity index (χ4n) is 2.54. The third kappa shape index (κ3) is 3.57. The van der Waals surface area contributed by atoms with Crippen molar-refractivity contribution in [2.75, 3.05) is 18.8 Å². The van der Waals surface area contributed by atoms with Gasteiger partial charge in [0.25, 0.3) is 0 Å². The molecule has 2 rings (SSSR count). The second-order valence-electron chi connectivity index (χ2n) is 5.27. The van der Waals surface area contributed by atoms with E-state index in [9.17, 15) is 4.79 Å². The standard InChI is InChI=1S/C15H21BrN2OS/c1-10-7-14(11(2)6-13(10)16)20-9-15(19)18-5-3-4-12(18)8-17/h6-7,12H,3-5,8-9,17H2,1-2H3. The normalized spacial score (nSPS) is 18.6. The van der Waals surface area contributed by atoms with Crippen LogP contribution in [0.25, 0.3) is 0 Å². The topological polar surface area (TPSA) is 46.3 Å². The van der Waals surface area contributed by atoms with Crippen LogP contribution in [0.1, 0.15) is 24.0 Å². The third-order valence-corrected chi connectivity index (χ3v) is 5.77. The summed E-state index contributed by atoms with van der Waals surface area (Å²) < 4.78 is 1.12. The Kier molecular flexibility index (Phi) is 5.52. The van der Waals surface area contributed by atoms with Gasteiger partial charge < -0.3 is 10.6 Å². The van der Waals surface area contributed by atoms with Crippen LogP contribution in [0.3, 0.4) is 0 Å².